The quantitative estimate of drug-likeness (QED) is 0.496. The number of rotatable bonds is 3. The van der Waals surface area contributed by atoms with E-state index >= 15 is 0 Å². The van der Waals surface area contributed by atoms with Crippen molar-refractivity contribution in [2.24, 2.45) is 11.0 Å². The molecule has 1 heterocycles. The number of carbonyl (C=O) groups excluding carboxylic acids is 1. The van der Waals surface area contributed by atoms with E-state index in [0.29, 0.717) is 5.92 Å². The molecule has 0 radical (unpaired) electrons. The third-order valence-electron chi connectivity index (χ3n) is 1.78. The van der Waals surface area contributed by atoms with Gasteiger partial charge in [0, 0.05) is 26.4 Å². The van der Waals surface area contributed by atoms with Crippen molar-refractivity contribution >= 4 is 12.1 Å². The fraction of sp³-hybridized carbons (Fsp3) is 0.750. The van der Waals surface area contributed by atoms with Gasteiger partial charge in [-0.25, -0.2) is 5.43 Å². The predicted octanol–water partition coefficient (Wildman–Crippen LogP) is 0.535. The lowest BCUT2D eigenvalue weighted by molar-refractivity contribution is -0.118. The minimum atomic E-state index is -0.131. The highest BCUT2D eigenvalue weighted by Gasteiger charge is 2.13. The highest BCUT2D eigenvalue weighted by molar-refractivity contribution is 5.73. The Bertz CT molecular complexity index is 174. The molecule has 1 fully saturated rings. The average molecular weight is 170 g/mol. The van der Waals surface area contributed by atoms with Crippen LogP contribution < -0.4 is 5.43 Å². The molecular weight excluding hydrogens is 156 g/mol. The van der Waals surface area contributed by atoms with Crippen LogP contribution in [0.3, 0.4) is 0 Å². The first kappa shape index (κ1) is 9.19. The van der Waals surface area contributed by atoms with Crippen molar-refractivity contribution in [1.29, 1.82) is 0 Å². The summed E-state index contributed by atoms with van der Waals surface area (Å²) >= 11 is 0. The second-order valence-electron chi connectivity index (χ2n) is 2.94. The fourth-order valence-electron chi connectivity index (χ4n) is 1.11. The van der Waals surface area contributed by atoms with Crippen LogP contribution in [0.2, 0.25) is 0 Å². The van der Waals surface area contributed by atoms with Gasteiger partial charge < -0.3 is 4.74 Å². The lowest BCUT2D eigenvalue weighted by Crippen LogP contribution is -2.12. The van der Waals surface area contributed by atoms with Gasteiger partial charge in [0.15, 0.2) is 0 Å². The van der Waals surface area contributed by atoms with E-state index in [1.807, 2.05) is 0 Å². The summed E-state index contributed by atoms with van der Waals surface area (Å²) in [4.78, 5) is 10.4. The molecule has 0 bridgehead atoms. The fourth-order valence-corrected chi connectivity index (χ4v) is 1.11. The maximum atomic E-state index is 10.4. The highest BCUT2D eigenvalue weighted by atomic mass is 16.5. The Hall–Kier alpha value is -0.900. The highest BCUT2D eigenvalue weighted by Crippen LogP contribution is 2.14. The Kier molecular flexibility index (Phi) is 3.73. The zero-order chi connectivity index (χ0) is 8.81. The van der Waals surface area contributed by atoms with Crippen LogP contribution in [0.4, 0.5) is 0 Å². The van der Waals surface area contributed by atoms with Crippen LogP contribution in [0.1, 0.15) is 19.8 Å². The molecular formula is C8H14N2O2. The molecule has 1 rings (SSSR count). The molecule has 1 unspecified atom stereocenters. The topological polar surface area (TPSA) is 50.7 Å². The van der Waals surface area contributed by atoms with Crippen LogP contribution in [0.25, 0.3) is 0 Å². The number of nitrogens with one attached hydrogen (secondary N) is 1. The Morgan fingerprint density at radius 2 is 2.67 bits per heavy atom. The van der Waals surface area contributed by atoms with Gasteiger partial charge in [-0.15, -0.1) is 0 Å². The summed E-state index contributed by atoms with van der Waals surface area (Å²) in [6, 6.07) is 0. The minimum absolute atomic E-state index is 0.131. The number of nitrogens with zero attached hydrogens (tertiary/aromatic N) is 1. The maximum absolute atomic E-state index is 10.4. The van der Waals surface area contributed by atoms with Gasteiger partial charge in [-0.05, 0) is 18.8 Å². The first-order valence-corrected chi connectivity index (χ1v) is 4.15. The van der Waals surface area contributed by atoms with Crippen molar-refractivity contribution in [1.82, 2.24) is 5.43 Å². The molecule has 1 N–H and O–H groups in total. The summed E-state index contributed by atoms with van der Waals surface area (Å²) in [7, 11) is 0. The van der Waals surface area contributed by atoms with Crippen LogP contribution in [-0.2, 0) is 9.53 Å². The SMILES string of the molecule is CC(=O)N/N=C/CC1CCOC1. The molecule has 0 spiro atoms. The molecule has 0 aromatic rings. The number of hydrogen-bond donors (Lipinski definition) is 1. The number of amides is 1. The molecule has 1 aliphatic rings. The number of hydrazone groups is 1. The van der Waals surface area contributed by atoms with Crippen LogP contribution in [0.5, 0.6) is 0 Å². The summed E-state index contributed by atoms with van der Waals surface area (Å²) in [6.45, 7) is 3.13. The molecule has 0 aliphatic carbocycles. The summed E-state index contributed by atoms with van der Waals surface area (Å²) in [6.07, 6.45) is 3.73. The molecule has 1 aliphatic heterocycles. The predicted molar refractivity (Wildman–Crippen MR) is 45.9 cm³/mol. The molecule has 1 atom stereocenters. The van der Waals surface area contributed by atoms with Crippen LogP contribution in [0.15, 0.2) is 5.10 Å². The normalized spacial score (nSPS) is 23.2. The molecule has 0 aromatic heterocycles. The van der Waals surface area contributed by atoms with Crippen molar-refractivity contribution in [3.05, 3.63) is 0 Å². The van der Waals surface area contributed by atoms with E-state index in [2.05, 4.69) is 10.5 Å². The molecule has 1 amide bonds. The van der Waals surface area contributed by atoms with Gasteiger partial charge >= 0.3 is 0 Å². The summed E-state index contributed by atoms with van der Waals surface area (Å²) < 4.78 is 5.19. The zero-order valence-electron chi connectivity index (χ0n) is 7.25. The Labute approximate surface area is 72.0 Å². The van der Waals surface area contributed by atoms with E-state index in [0.717, 1.165) is 26.1 Å². The van der Waals surface area contributed by atoms with Crippen molar-refractivity contribution in [3.8, 4) is 0 Å². The largest absolute Gasteiger partial charge is 0.381 e. The maximum Gasteiger partial charge on any atom is 0.236 e. The third-order valence-corrected chi connectivity index (χ3v) is 1.78. The molecule has 0 saturated carbocycles. The molecule has 4 nitrogen and oxygen atoms in total. The van der Waals surface area contributed by atoms with Gasteiger partial charge in [-0.1, -0.05) is 0 Å². The lowest BCUT2D eigenvalue weighted by Gasteiger charge is -2.00. The van der Waals surface area contributed by atoms with E-state index in [1.165, 1.54) is 6.92 Å². The van der Waals surface area contributed by atoms with Crippen molar-refractivity contribution in [2.75, 3.05) is 13.2 Å². The minimum Gasteiger partial charge on any atom is -0.381 e. The van der Waals surface area contributed by atoms with E-state index in [4.69, 9.17) is 4.74 Å². The monoisotopic (exact) mass is 170 g/mol. The average Bonchev–Trinajstić information content (AvgIpc) is 2.49. The number of carbonyl (C=O) groups is 1. The van der Waals surface area contributed by atoms with Gasteiger partial charge in [-0.3, -0.25) is 4.79 Å². The lowest BCUT2D eigenvalue weighted by atomic mass is 10.1. The standard InChI is InChI=1S/C8H14N2O2/c1-7(11)10-9-4-2-8-3-5-12-6-8/h4,8H,2-3,5-6H2,1H3,(H,10,11)/b9-4+. The molecule has 68 valence electrons. The molecule has 1 saturated heterocycles. The smallest absolute Gasteiger partial charge is 0.236 e. The van der Waals surface area contributed by atoms with Crippen LogP contribution >= 0.6 is 0 Å². The van der Waals surface area contributed by atoms with E-state index < -0.39 is 0 Å². The Balaban J connectivity index is 2.07. The van der Waals surface area contributed by atoms with Gasteiger partial charge in [-0.2, -0.15) is 5.10 Å². The first-order chi connectivity index (χ1) is 5.79. The summed E-state index contributed by atoms with van der Waals surface area (Å²) in [5, 5.41) is 3.75. The number of hydrogen-bond acceptors (Lipinski definition) is 3. The third kappa shape index (κ3) is 3.48. The first-order valence-electron chi connectivity index (χ1n) is 4.15. The van der Waals surface area contributed by atoms with Crippen molar-refractivity contribution < 1.29 is 9.53 Å². The van der Waals surface area contributed by atoms with E-state index in [9.17, 15) is 4.79 Å². The summed E-state index contributed by atoms with van der Waals surface area (Å²) in [5.74, 6) is 0.455. The van der Waals surface area contributed by atoms with Gasteiger partial charge in [0.2, 0.25) is 5.91 Å². The second-order valence-corrected chi connectivity index (χ2v) is 2.94. The van der Waals surface area contributed by atoms with Gasteiger partial charge in [0.25, 0.3) is 0 Å². The van der Waals surface area contributed by atoms with Crippen molar-refractivity contribution in [3.63, 3.8) is 0 Å². The van der Waals surface area contributed by atoms with E-state index in [1.54, 1.807) is 6.21 Å². The molecule has 12 heavy (non-hydrogen) atoms. The van der Waals surface area contributed by atoms with Gasteiger partial charge in [0.1, 0.15) is 0 Å². The Morgan fingerprint density at radius 3 is 3.25 bits per heavy atom. The van der Waals surface area contributed by atoms with Gasteiger partial charge in [0.05, 0.1) is 0 Å². The zero-order valence-corrected chi connectivity index (χ0v) is 7.25. The van der Waals surface area contributed by atoms with Crippen LogP contribution in [-0.4, -0.2) is 25.3 Å². The van der Waals surface area contributed by atoms with E-state index in [-0.39, 0.29) is 5.91 Å². The number of ether oxygens (including phenoxy) is 1. The molecule has 0 aromatic carbocycles. The van der Waals surface area contributed by atoms with Crippen LogP contribution in [0, 0.1) is 5.92 Å². The Morgan fingerprint density at radius 1 is 1.83 bits per heavy atom. The van der Waals surface area contributed by atoms with Crippen molar-refractivity contribution in [2.45, 2.75) is 19.8 Å². The second kappa shape index (κ2) is 4.87. The summed E-state index contributed by atoms with van der Waals surface area (Å²) in [5.41, 5.74) is 2.36. The molecule has 4 heteroatoms.